The summed E-state index contributed by atoms with van der Waals surface area (Å²) in [5.74, 6) is -2.20. The van der Waals surface area contributed by atoms with Crippen LogP contribution in [0.4, 0.5) is 0 Å². The summed E-state index contributed by atoms with van der Waals surface area (Å²) in [6.45, 7) is 8.48. The van der Waals surface area contributed by atoms with E-state index in [0.29, 0.717) is 5.56 Å². The lowest BCUT2D eigenvalue weighted by atomic mass is 9.98. The van der Waals surface area contributed by atoms with Crippen LogP contribution in [0.5, 0.6) is 0 Å². The fourth-order valence-corrected chi connectivity index (χ4v) is 3.43. The van der Waals surface area contributed by atoms with Crippen LogP contribution >= 0.6 is 0 Å². The van der Waals surface area contributed by atoms with Crippen LogP contribution in [-0.4, -0.2) is 41.1 Å². The maximum Gasteiger partial charge on any atom is 0.329 e. The van der Waals surface area contributed by atoms with Gasteiger partial charge in [-0.1, -0.05) is 17.7 Å². The molecule has 0 radical (unpaired) electrons. The summed E-state index contributed by atoms with van der Waals surface area (Å²) in [6.07, 6.45) is 0. The molecule has 2 aromatic rings. The highest BCUT2D eigenvalue weighted by Gasteiger charge is 2.41. The van der Waals surface area contributed by atoms with Crippen LogP contribution in [0.2, 0.25) is 0 Å². The van der Waals surface area contributed by atoms with Crippen LogP contribution < -0.4 is 0 Å². The van der Waals surface area contributed by atoms with Gasteiger partial charge < -0.3 is 4.74 Å². The average Bonchev–Trinajstić information content (AvgIpc) is 2.91. The highest BCUT2D eigenvalue weighted by Crippen LogP contribution is 2.26. The molecule has 6 nitrogen and oxygen atoms in total. The van der Waals surface area contributed by atoms with Gasteiger partial charge in [0.05, 0.1) is 11.1 Å². The van der Waals surface area contributed by atoms with Gasteiger partial charge in [-0.3, -0.25) is 19.3 Å². The number of fused-ring (bicyclic) bond motifs is 1. The van der Waals surface area contributed by atoms with Crippen molar-refractivity contribution in [1.82, 2.24) is 4.90 Å². The highest BCUT2D eigenvalue weighted by molar-refractivity contribution is 6.22. The van der Waals surface area contributed by atoms with Gasteiger partial charge >= 0.3 is 5.97 Å². The number of ketones is 1. The molecule has 29 heavy (non-hydrogen) atoms. The third kappa shape index (κ3) is 3.70. The number of aryl methyl sites for hydroxylation is 4. The van der Waals surface area contributed by atoms with E-state index in [-0.39, 0.29) is 16.9 Å². The summed E-state index contributed by atoms with van der Waals surface area (Å²) in [5, 5.41) is 0. The van der Waals surface area contributed by atoms with Gasteiger partial charge in [-0.05, 0) is 69.5 Å². The second kappa shape index (κ2) is 7.62. The molecule has 1 unspecified atom stereocenters. The summed E-state index contributed by atoms with van der Waals surface area (Å²) in [5.41, 5.74) is 4.73. The molecule has 0 saturated carbocycles. The Balaban J connectivity index is 1.70. The number of amides is 2. The Morgan fingerprint density at radius 1 is 0.897 bits per heavy atom. The van der Waals surface area contributed by atoms with Gasteiger partial charge in [0.15, 0.2) is 6.61 Å². The molecule has 1 atom stereocenters. The van der Waals surface area contributed by atoms with Gasteiger partial charge in [0.2, 0.25) is 5.78 Å². The van der Waals surface area contributed by atoms with Crippen molar-refractivity contribution in [3.8, 4) is 0 Å². The van der Waals surface area contributed by atoms with Gasteiger partial charge in [-0.15, -0.1) is 0 Å². The molecule has 3 rings (SSSR count). The number of nitrogens with zero attached hydrogens (tertiary/aromatic N) is 1. The number of Topliss-reactive ketones (excluding diaryl/α,β-unsaturated/α-hetero) is 1. The SMILES string of the molecule is Cc1ccc2c(c1)C(=O)N(C(C)C(=O)OCC(=O)c1cc(C)c(C)cc1C)C2=O. The molecule has 6 heteroatoms. The van der Waals surface area contributed by atoms with E-state index in [1.165, 1.54) is 6.92 Å². The van der Waals surface area contributed by atoms with E-state index in [9.17, 15) is 19.2 Å². The fraction of sp³-hybridized carbons (Fsp3) is 0.304. The number of esters is 1. The minimum atomic E-state index is -1.13. The summed E-state index contributed by atoms with van der Waals surface area (Å²) >= 11 is 0. The lowest BCUT2D eigenvalue weighted by molar-refractivity contribution is -0.146. The average molecular weight is 393 g/mol. The number of rotatable bonds is 5. The van der Waals surface area contributed by atoms with E-state index < -0.39 is 30.4 Å². The number of ether oxygens (including phenoxy) is 1. The standard InChI is InChI=1S/C23H23NO5/c1-12-6-7-17-19(8-12)22(27)24(21(17)26)16(5)23(28)29-11-20(25)18-10-14(3)13(2)9-15(18)4/h6-10,16H,11H2,1-5H3. The third-order valence-corrected chi connectivity index (χ3v) is 5.29. The van der Waals surface area contributed by atoms with Crippen LogP contribution in [0.15, 0.2) is 30.3 Å². The van der Waals surface area contributed by atoms with Crippen molar-refractivity contribution in [3.05, 3.63) is 69.3 Å². The highest BCUT2D eigenvalue weighted by atomic mass is 16.5. The fourth-order valence-electron chi connectivity index (χ4n) is 3.43. The van der Waals surface area contributed by atoms with E-state index in [2.05, 4.69) is 0 Å². The van der Waals surface area contributed by atoms with Crippen molar-refractivity contribution in [3.63, 3.8) is 0 Å². The zero-order valence-corrected chi connectivity index (χ0v) is 17.2. The lowest BCUT2D eigenvalue weighted by Gasteiger charge is -2.20. The zero-order valence-electron chi connectivity index (χ0n) is 17.2. The minimum absolute atomic E-state index is 0.266. The van der Waals surface area contributed by atoms with Crippen molar-refractivity contribution in [2.75, 3.05) is 6.61 Å². The van der Waals surface area contributed by atoms with E-state index in [4.69, 9.17) is 4.74 Å². The van der Waals surface area contributed by atoms with E-state index >= 15 is 0 Å². The smallest absolute Gasteiger partial charge is 0.329 e. The second-order valence-corrected chi connectivity index (χ2v) is 7.49. The van der Waals surface area contributed by atoms with E-state index in [0.717, 1.165) is 27.2 Å². The molecular formula is C23H23NO5. The van der Waals surface area contributed by atoms with Gasteiger partial charge in [0.1, 0.15) is 6.04 Å². The third-order valence-electron chi connectivity index (χ3n) is 5.29. The molecular weight excluding hydrogens is 370 g/mol. The van der Waals surface area contributed by atoms with Crippen LogP contribution in [-0.2, 0) is 9.53 Å². The van der Waals surface area contributed by atoms with E-state index in [1.807, 2.05) is 33.8 Å². The summed E-state index contributed by atoms with van der Waals surface area (Å²) in [7, 11) is 0. The summed E-state index contributed by atoms with van der Waals surface area (Å²) in [6, 6.07) is 7.50. The molecule has 1 aliphatic rings. The Morgan fingerprint density at radius 3 is 2.21 bits per heavy atom. The first kappa shape index (κ1) is 20.5. The molecule has 0 aromatic heterocycles. The van der Waals surface area contributed by atoms with Crippen molar-refractivity contribution in [1.29, 1.82) is 0 Å². The number of hydrogen-bond acceptors (Lipinski definition) is 5. The monoisotopic (exact) mass is 393 g/mol. The zero-order chi connectivity index (χ0) is 21.5. The van der Waals surface area contributed by atoms with Crippen molar-refractivity contribution in [2.24, 2.45) is 0 Å². The Bertz CT molecular complexity index is 1050. The lowest BCUT2D eigenvalue weighted by Crippen LogP contribution is -2.44. The maximum atomic E-state index is 12.6. The van der Waals surface area contributed by atoms with Gasteiger partial charge in [-0.25, -0.2) is 4.79 Å². The topological polar surface area (TPSA) is 80.8 Å². The maximum absolute atomic E-state index is 12.6. The second-order valence-electron chi connectivity index (χ2n) is 7.49. The van der Waals surface area contributed by atoms with Crippen LogP contribution in [0.1, 0.15) is 60.3 Å². The Hall–Kier alpha value is -3.28. The Labute approximate surface area is 169 Å². The molecule has 2 aromatic carbocycles. The molecule has 150 valence electrons. The van der Waals surface area contributed by atoms with Gasteiger partial charge in [0.25, 0.3) is 11.8 Å². The van der Waals surface area contributed by atoms with Crippen LogP contribution in [0.25, 0.3) is 0 Å². The van der Waals surface area contributed by atoms with Crippen molar-refractivity contribution >= 4 is 23.6 Å². The number of carbonyl (C=O) groups is 4. The predicted molar refractivity (Wildman–Crippen MR) is 107 cm³/mol. The first-order valence-electron chi connectivity index (χ1n) is 9.38. The van der Waals surface area contributed by atoms with E-state index in [1.54, 1.807) is 24.3 Å². The molecule has 1 heterocycles. The molecule has 0 aliphatic carbocycles. The number of hydrogen-bond donors (Lipinski definition) is 0. The molecule has 1 aliphatic heterocycles. The first-order valence-corrected chi connectivity index (χ1v) is 9.38. The number of carbonyl (C=O) groups excluding carboxylic acids is 4. The molecule has 2 amide bonds. The largest absolute Gasteiger partial charge is 0.456 e. The Kier molecular flexibility index (Phi) is 5.38. The quantitative estimate of drug-likeness (QED) is 0.442. The summed E-state index contributed by atoms with van der Waals surface area (Å²) in [4.78, 5) is 51.0. The molecule has 0 spiro atoms. The molecule has 0 fully saturated rings. The van der Waals surface area contributed by atoms with Gasteiger partial charge in [-0.2, -0.15) is 0 Å². The van der Waals surface area contributed by atoms with Gasteiger partial charge in [0, 0.05) is 5.56 Å². The number of imide groups is 1. The predicted octanol–water partition coefficient (Wildman–Crippen LogP) is 3.33. The molecule has 0 bridgehead atoms. The van der Waals surface area contributed by atoms with Crippen LogP contribution in [0.3, 0.4) is 0 Å². The summed E-state index contributed by atoms with van der Waals surface area (Å²) < 4.78 is 5.14. The number of benzene rings is 2. The molecule has 0 N–H and O–H groups in total. The van der Waals surface area contributed by atoms with Crippen molar-refractivity contribution in [2.45, 2.75) is 40.7 Å². The first-order chi connectivity index (χ1) is 13.6. The molecule has 0 saturated heterocycles. The minimum Gasteiger partial charge on any atom is -0.456 e. The Morgan fingerprint density at radius 2 is 1.52 bits per heavy atom. The normalized spacial score (nSPS) is 14.0. The van der Waals surface area contributed by atoms with Crippen LogP contribution in [0, 0.1) is 27.7 Å². The van der Waals surface area contributed by atoms with Crippen molar-refractivity contribution < 1.29 is 23.9 Å².